The van der Waals surface area contributed by atoms with Crippen LogP contribution in [0.25, 0.3) is 0 Å². The molecule has 0 aromatic heterocycles. The van der Waals surface area contributed by atoms with E-state index in [1.807, 2.05) is 30.3 Å². The largest absolute Gasteiger partial charge is 0.592 e. The predicted octanol–water partition coefficient (Wildman–Crippen LogP) is -0.136. The van der Waals surface area contributed by atoms with Crippen molar-refractivity contribution in [3.8, 4) is 0 Å². The van der Waals surface area contributed by atoms with E-state index in [9.17, 15) is 4.79 Å². The maximum atomic E-state index is 10.0. The van der Waals surface area contributed by atoms with Gasteiger partial charge in [0.25, 0.3) is 0 Å². The number of hydrogen-bond acceptors (Lipinski definition) is 1. The Hall–Kier alpha value is -1.64. The molecule has 0 heterocycles. The molecule has 0 atom stereocenters. The molecule has 1 amide bonds. The summed E-state index contributed by atoms with van der Waals surface area (Å²) in [6.45, 7) is 0. The molecule has 0 unspecified atom stereocenters. The first-order valence-corrected chi connectivity index (χ1v) is 3.17. The first-order chi connectivity index (χ1) is 5.29. The van der Waals surface area contributed by atoms with Gasteiger partial charge in [-0.25, -0.2) is 0 Å². The van der Waals surface area contributed by atoms with Crippen LogP contribution < -0.4 is 4.99 Å². The Bertz CT molecular complexity index is 267. The molecule has 11 heavy (non-hydrogen) atoms. The Morgan fingerprint density at radius 3 is 2.55 bits per heavy atom. The molecule has 0 aliphatic carbocycles. The summed E-state index contributed by atoms with van der Waals surface area (Å²) in [5.74, 6) is 0. The highest BCUT2D eigenvalue weighted by Crippen LogP contribution is 1.90. The zero-order valence-corrected chi connectivity index (χ0v) is 5.82. The van der Waals surface area contributed by atoms with Crippen LogP contribution >= 0.6 is 0 Å². The van der Waals surface area contributed by atoms with Gasteiger partial charge in [-0.05, 0) is 12.1 Å². The number of carboxylic acid groups (broad SMARTS) is 1. The van der Waals surface area contributed by atoms with Gasteiger partial charge in [0.15, 0.2) is 6.21 Å². The van der Waals surface area contributed by atoms with Crippen molar-refractivity contribution in [1.82, 2.24) is 0 Å². The van der Waals surface area contributed by atoms with E-state index in [0.717, 1.165) is 5.56 Å². The maximum Gasteiger partial charge on any atom is 0.592 e. The average Bonchev–Trinajstić information content (AvgIpc) is 2.03. The molecule has 0 spiro atoms. The molecule has 3 heteroatoms. The smallest absolute Gasteiger partial charge is 0.427 e. The van der Waals surface area contributed by atoms with Gasteiger partial charge >= 0.3 is 6.09 Å². The Morgan fingerprint density at radius 1 is 1.36 bits per heavy atom. The molecule has 2 N–H and O–H groups in total. The zero-order chi connectivity index (χ0) is 8.10. The van der Waals surface area contributed by atoms with E-state index >= 15 is 0 Å². The third kappa shape index (κ3) is 2.62. The van der Waals surface area contributed by atoms with E-state index in [2.05, 4.69) is 4.99 Å². The molecule has 0 aliphatic rings. The average molecular weight is 150 g/mol. The third-order valence-electron chi connectivity index (χ3n) is 1.16. The van der Waals surface area contributed by atoms with Crippen molar-refractivity contribution in [2.75, 3.05) is 0 Å². The summed E-state index contributed by atoms with van der Waals surface area (Å²) in [5.41, 5.74) is 0.843. The van der Waals surface area contributed by atoms with Crippen molar-refractivity contribution in [3.63, 3.8) is 0 Å². The van der Waals surface area contributed by atoms with Crippen molar-refractivity contribution < 1.29 is 14.9 Å². The van der Waals surface area contributed by atoms with Crippen LogP contribution in [-0.2, 0) is 0 Å². The van der Waals surface area contributed by atoms with Gasteiger partial charge in [0.05, 0.1) is 0 Å². The van der Waals surface area contributed by atoms with Crippen molar-refractivity contribution in [2.45, 2.75) is 0 Å². The molecule has 0 saturated carbocycles. The lowest BCUT2D eigenvalue weighted by atomic mass is 10.2. The molecule has 0 bridgehead atoms. The fourth-order valence-corrected chi connectivity index (χ4v) is 0.694. The van der Waals surface area contributed by atoms with E-state index < -0.39 is 6.09 Å². The summed E-state index contributed by atoms with van der Waals surface area (Å²) >= 11 is 0. The van der Waals surface area contributed by atoms with Gasteiger partial charge in [-0.3, -0.25) is 0 Å². The first-order valence-electron chi connectivity index (χ1n) is 3.17. The first kappa shape index (κ1) is 7.47. The van der Waals surface area contributed by atoms with Crippen LogP contribution in [0, 0.1) is 0 Å². The molecule has 1 rings (SSSR count). The highest BCUT2D eigenvalue weighted by atomic mass is 16.4. The minimum Gasteiger partial charge on any atom is -0.427 e. The fourth-order valence-electron chi connectivity index (χ4n) is 0.694. The van der Waals surface area contributed by atoms with Crippen LogP contribution in [0.3, 0.4) is 0 Å². The molecule has 0 saturated heterocycles. The molecule has 56 valence electrons. The summed E-state index contributed by atoms with van der Waals surface area (Å²) in [4.78, 5) is 12.2. The van der Waals surface area contributed by atoms with Gasteiger partial charge in [-0.15, -0.1) is 4.99 Å². The van der Waals surface area contributed by atoms with Crippen molar-refractivity contribution >= 4 is 12.3 Å². The molecule has 0 aliphatic heterocycles. The molecular weight excluding hydrogens is 142 g/mol. The van der Waals surface area contributed by atoms with Gasteiger partial charge in [0, 0.05) is 5.56 Å². The molecule has 0 fully saturated rings. The van der Waals surface area contributed by atoms with Crippen molar-refractivity contribution in [1.29, 1.82) is 0 Å². The molecule has 1 aromatic carbocycles. The SMILES string of the molecule is O=C(O)[NH+]=Cc1ccccc1. The van der Waals surface area contributed by atoms with E-state index in [1.165, 1.54) is 6.21 Å². The van der Waals surface area contributed by atoms with Crippen molar-refractivity contribution in [2.24, 2.45) is 0 Å². The number of hydrogen-bond donors (Lipinski definition) is 2. The number of carbonyl (C=O) groups is 1. The van der Waals surface area contributed by atoms with Gasteiger partial charge in [0.2, 0.25) is 0 Å². The Morgan fingerprint density at radius 2 is 2.00 bits per heavy atom. The topological polar surface area (TPSA) is 51.3 Å². The van der Waals surface area contributed by atoms with E-state index in [-0.39, 0.29) is 0 Å². The van der Waals surface area contributed by atoms with Crippen molar-refractivity contribution in [3.05, 3.63) is 35.9 Å². The lowest BCUT2D eigenvalue weighted by Crippen LogP contribution is -2.73. The standard InChI is InChI=1S/C8H7NO2/c10-8(11)9-6-7-4-2-1-3-5-7/h1-6H,(H,10,11)/p+1. The summed E-state index contributed by atoms with van der Waals surface area (Å²) in [6, 6.07) is 9.19. The Labute approximate surface area is 64.0 Å². The summed E-state index contributed by atoms with van der Waals surface area (Å²) in [5, 5.41) is 8.23. The van der Waals surface area contributed by atoms with Crippen LogP contribution in [0.1, 0.15) is 5.56 Å². The Balaban J connectivity index is 2.72. The second kappa shape index (κ2) is 3.51. The quantitative estimate of drug-likeness (QED) is 0.547. The highest BCUT2D eigenvalue weighted by Gasteiger charge is 1.95. The number of rotatable bonds is 1. The summed E-state index contributed by atoms with van der Waals surface area (Å²) in [6.07, 6.45) is 0.386. The predicted molar refractivity (Wildman–Crippen MR) is 40.6 cm³/mol. The fraction of sp³-hybridized carbons (Fsp3) is 0. The van der Waals surface area contributed by atoms with Crippen LogP contribution in [-0.4, -0.2) is 17.4 Å². The van der Waals surface area contributed by atoms with Crippen LogP contribution in [0.2, 0.25) is 0 Å². The normalized spacial score (nSPS) is 10.2. The zero-order valence-electron chi connectivity index (χ0n) is 5.82. The summed E-state index contributed by atoms with van der Waals surface area (Å²) in [7, 11) is 0. The van der Waals surface area contributed by atoms with E-state index in [1.54, 1.807) is 0 Å². The second-order valence-electron chi connectivity index (χ2n) is 2.00. The van der Waals surface area contributed by atoms with Gasteiger partial charge in [0.1, 0.15) is 0 Å². The summed E-state index contributed by atoms with van der Waals surface area (Å²) < 4.78 is 0. The van der Waals surface area contributed by atoms with Gasteiger partial charge < -0.3 is 5.11 Å². The molecular formula is C8H8NO2+. The monoisotopic (exact) mass is 150 g/mol. The Kier molecular flexibility index (Phi) is 2.38. The van der Waals surface area contributed by atoms with Crippen LogP contribution in [0.15, 0.2) is 30.3 Å². The molecule has 3 nitrogen and oxygen atoms in total. The van der Waals surface area contributed by atoms with Crippen LogP contribution in [0.5, 0.6) is 0 Å². The molecule has 1 aromatic rings. The van der Waals surface area contributed by atoms with Gasteiger partial charge in [-0.1, -0.05) is 18.2 Å². The van der Waals surface area contributed by atoms with E-state index in [0.29, 0.717) is 0 Å². The minimum atomic E-state index is -1.05. The van der Waals surface area contributed by atoms with E-state index in [4.69, 9.17) is 5.11 Å². The molecule has 0 radical (unpaired) electrons. The van der Waals surface area contributed by atoms with Crippen LogP contribution in [0.4, 0.5) is 4.79 Å². The maximum absolute atomic E-state index is 10.0. The number of benzene rings is 1. The second-order valence-corrected chi connectivity index (χ2v) is 2.00. The minimum absolute atomic E-state index is 0.843. The third-order valence-corrected chi connectivity index (χ3v) is 1.16. The highest BCUT2D eigenvalue weighted by molar-refractivity contribution is 5.77. The lowest BCUT2D eigenvalue weighted by Gasteiger charge is -1.83. The van der Waals surface area contributed by atoms with Gasteiger partial charge in [-0.2, -0.15) is 4.79 Å². The number of nitrogens with one attached hydrogen (secondary N) is 1. The number of amides is 1. The lowest BCUT2D eigenvalue weighted by molar-refractivity contribution is -0.357.